The molecule has 1 unspecified atom stereocenters. The summed E-state index contributed by atoms with van der Waals surface area (Å²) in [6, 6.07) is 12.3. The second-order valence-electron chi connectivity index (χ2n) is 6.59. The summed E-state index contributed by atoms with van der Waals surface area (Å²) in [5.74, 6) is 0.315. The molecule has 1 N–H and O–H groups in total. The van der Waals surface area contributed by atoms with Gasteiger partial charge in [0.25, 0.3) is 0 Å². The van der Waals surface area contributed by atoms with Crippen molar-refractivity contribution < 1.29 is 13.9 Å². The van der Waals surface area contributed by atoms with E-state index in [2.05, 4.69) is 15.2 Å². The molecule has 1 aliphatic rings. The van der Waals surface area contributed by atoms with Crippen LogP contribution in [0, 0.1) is 11.7 Å². The van der Waals surface area contributed by atoms with E-state index in [0.29, 0.717) is 12.1 Å². The van der Waals surface area contributed by atoms with Crippen LogP contribution in [0.15, 0.2) is 42.5 Å². The molecule has 0 radical (unpaired) electrons. The molecule has 0 aliphatic carbocycles. The van der Waals surface area contributed by atoms with Crippen molar-refractivity contribution >= 4 is 38.3 Å². The van der Waals surface area contributed by atoms with Crippen molar-refractivity contribution in [2.45, 2.75) is 12.8 Å². The van der Waals surface area contributed by atoms with Crippen LogP contribution in [0.1, 0.15) is 12.8 Å². The Balaban J connectivity index is 1.46. The number of hydrogen-bond donors (Lipinski definition) is 1. The van der Waals surface area contributed by atoms with E-state index < -0.39 is 0 Å². The number of benzene rings is 2. The van der Waals surface area contributed by atoms with Gasteiger partial charge in [-0.1, -0.05) is 17.4 Å². The highest BCUT2D eigenvalue weighted by molar-refractivity contribution is 7.22. The van der Waals surface area contributed by atoms with Crippen molar-refractivity contribution in [3.05, 3.63) is 48.3 Å². The lowest BCUT2D eigenvalue weighted by Crippen LogP contribution is -2.40. The van der Waals surface area contributed by atoms with Crippen molar-refractivity contribution in [1.29, 1.82) is 0 Å². The number of nitrogens with zero attached hydrogens (tertiary/aromatic N) is 2. The van der Waals surface area contributed by atoms with Gasteiger partial charge in [-0.25, -0.2) is 9.37 Å². The van der Waals surface area contributed by atoms with Gasteiger partial charge in [0.2, 0.25) is 5.91 Å². The number of rotatable bonds is 4. The lowest BCUT2D eigenvalue weighted by atomic mass is 9.97. The summed E-state index contributed by atoms with van der Waals surface area (Å²) in [6.45, 7) is 1.41. The van der Waals surface area contributed by atoms with Crippen LogP contribution in [0.25, 0.3) is 10.2 Å². The third kappa shape index (κ3) is 3.73. The van der Waals surface area contributed by atoms with Crippen LogP contribution < -0.4 is 15.0 Å². The molecule has 2 aromatic carbocycles. The molecule has 4 rings (SSSR count). The average molecular weight is 385 g/mol. The largest absolute Gasteiger partial charge is 0.497 e. The van der Waals surface area contributed by atoms with Gasteiger partial charge in [0.15, 0.2) is 5.13 Å². The number of amides is 1. The summed E-state index contributed by atoms with van der Waals surface area (Å²) in [5.41, 5.74) is 1.15. The van der Waals surface area contributed by atoms with Crippen LogP contribution in [0.2, 0.25) is 0 Å². The van der Waals surface area contributed by atoms with Crippen molar-refractivity contribution in [2.75, 3.05) is 30.4 Å². The van der Waals surface area contributed by atoms with Gasteiger partial charge in [0.05, 0.1) is 17.7 Å². The molecular weight excluding hydrogens is 365 g/mol. The number of methoxy groups -OCH3 is 1. The number of carbonyl (C=O) groups is 1. The van der Waals surface area contributed by atoms with Gasteiger partial charge in [-0.15, -0.1) is 0 Å². The van der Waals surface area contributed by atoms with Crippen LogP contribution in [-0.2, 0) is 4.79 Å². The van der Waals surface area contributed by atoms with Gasteiger partial charge in [0.1, 0.15) is 17.1 Å². The standard InChI is InChI=1S/C20H20FN3O2S/c1-26-15-9-7-14(8-10-15)22-19(25)13-4-3-11-24(12-13)20-23-18-16(21)5-2-6-17(18)27-20/h2,5-10,13H,3-4,11-12H2,1H3,(H,22,25). The molecule has 27 heavy (non-hydrogen) atoms. The lowest BCUT2D eigenvalue weighted by molar-refractivity contribution is -0.120. The van der Waals surface area contributed by atoms with Crippen LogP contribution >= 0.6 is 11.3 Å². The minimum atomic E-state index is -0.305. The fourth-order valence-electron chi connectivity index (χ4n) is 3.32. The van der Waals surface area contributed by atoms with Crippen molar-refractivity contribution in [1.82, 2.24) is 4.98 Å². The molecule has 140 valence electrons. The Morgan fingerprint density at radius 3 is 2.85 bits per heavy atom. The van der Waals surface area contributed by atoms with E-state index in [1.165, 1.54) is 17.4 Å². The Kier molecular flexibility index (Phi) is 4.94. The SMILES string of the molecule is COc1ccc(NC(=O)C2CCCN(c3nc4c(F)cccc4s3)C2)cc1. The number of halogens is 1. The third-order valence-corrected chi connectivity index (χ3v) is 5.86. The Hall–Kier alpha value is -2.67. The first-order valence-corrected chi connectivity index (χ1v) is 9.70. The number of para-hydroxylation sites is 1. The Bertz CT molecular complexity index is 958. The van der Waals surface area contributed by atoms with E-state index in [0.717, 1.165) is 40.7 Å². The molecule has 1 aromatic heterocycles. The normalized spacial score (nSPS) is 17.1. The van der Waals surface area contributed by atoms with Crippen molar-refractivity contribution in [2.24, 2.45) is 5.92 Å². The zero-order valence-electron chi connectivity index (χ0n) is 14.9. The Morgan fingerprint density at radius 1 is 1.30 bits per heavy atom. The number of carbonyl (C=O) groups excluding carboxylic acids is 1. The number of nitrogens with one attached hydrogen (secondary N) is 1. The van der Waals surface area contributed by atoms with E-state index >= 15 is 0 Å². The molecule has 1 fully saturated rings. The predicted octanol–water partition coefficient (Wildman–Crippen LogP) is 4.30. The van der Waals surface area contributed by atoms with Gasteiger partial charge in [0, 0.05) is 18.8 Å². The van der Waals surface area contributed by atoms with Gasteiger partial charge in [-0.3, -0.25) is 4.79 Å². The number of fused-ring (bicyclic) bond motifs is 1. The monoisotopic (exact) mass is 385 g/mol. The van der Waals surface area contributed by atoms with Gasteiger partial charge >= 0.3 is 0 Å². The van der Waals surface area contributed by atoms with E-state index in [9.17, 15) is 9.18 Å². The van der Waals surface area contributed by atoms with E-state index in [-0.39, 0.29) is 17.6 Å². The second-order valence-corrected chi connectivity index (χ2v) is 7.60. The van der Waals surface area contributed by atoms with Crippen LogP contribution in [-0.4, -0.2) is 31.1 Å². The number of thiazole rings is 1. The van der Waals surface area contributed by atoms with Crippen LogP contribution in [0.5, 0.6) is 5.75 Å². The number of piperidine rings is 1. The molecule has 0 bridgehead atoms. The molecular formula is C20H20FN3O2S. The molecule has 0 saturated carbocycles. The smallest absolute Gasteiger partial charge is 0.229 e. The quantitative estimate of drug-likeness (QED) is 0.728. The molecule has 3 aromatic rings. The molecule has 0 spiro atoms. The first kappa shape index (κ1) is 17.7. The zero-order chi connectivity index (χ0) is 18.8. The molecule has 7 heteroatoms. The van der Waals surface area contributed by atoms with Gasteiger partial charge < -0.3 is 15.0 Å². The minimum Gasteiger partial charge on any atom is -0.497 e. The molecule has 1 saturated heterocycles. The van der Waals surface area contributed by atoms with Crippen molar-refractivity contribution in [3.8, 4) is 5.75 Å². The highest BCUT2D eigenvalue weighted by Crippen LogP contribution is 2.33. The van der Waals surface area contributed by atoms with Crippen LogP contribution in [0.4, 0.5) is 15.2 Å². The highest BCUT2D eigenvalue weighted by atomic mass is 32.1. The summed E-state index contributed by atoms with van der Waals surface area (Å²) >= 11 is 1.47. The summed E-state index contributed by atoms with van der Waals surface area (Å²) < 4.78 is 19.9. The highest BCUT2D eigenvalue weighted by Gasteiger charge is 2.27. The summed E-state index contributed by atoms with van der Waals surface area (Å²) in [7, 11) is 1.61. The fourth-order valence-corrected chi connectivity index (χ4v) is 4.34. The molecule has 2 heterocycles. The van der Waals surface area contributed by atoms with E-state index in [4.69, 9.17) is 4.74 Å². The number of anilines is 2. The maximum atomic E-state index is 13.9. The van der Waals surface area contributed by atoms with E-state index in [1.807, 2.05) is 30.3 Å². The Labute approximate surface area is 160 Å². The van der Waals surface area contributed by atoms with Crippen LogP contribution in [0.3, 0.4) is 0 Å². The Morgan fingerprint density at radius 2 is 2.11 bits per heavy atom. The number of ether oxygens (including phenoxy) is 1. The first-order valence-electron chi connectivity index (χ1n) is 8.89. The molecule has 1 amide bonds. The molecule has 1 atom stereocenters. The minimum absolute atomic E-state index is 0.00263. The fraction of sp³-hybridized carbons (Fsp3) is 0.300. The molecule has 1 aliphatic heterocycles. The predicted molar refractivity (Wildman–Crippen MR) is 106 cm³/mol. The first-order chi connectivity index (χ1) is 13.1. The maximum absolute atomic E-state index is 13.9. The second kappa shape index (κ2) is 7.52. The maximum Gasteiger partial charge on any atom is 0.229 e. The van der Waals surface area contributed by atoms with Crippen molar-refractivity contribution in [3.63, 3.8) is 0 Å². The van der Waals surface area contributed by atoms with Gasteiger partial charge in [-0.05, 0) is 49.2 Å². The number of hydrogen-bond acceptors (Lipinski definition) is 5. The van der Waals surface area contributed by atoms with E-state index in [1.54, 1.807) is 13.2 Å². The number of aromatic nitrogens is 1. The summed E-state index contributed by atoms with van der Waals surface area (Å²) in [4.78, 5) is 19.2. The molecule has 5 nitrogen and oxygen atoms in total. The lowest BCUT2D eigenvalue weighted by Gasteiger charge is -2.31. The summed E-state index contributed by atoms with van der Waals surface area (Å²) in [5, 5.41) is 3.75. The summed E-state index contributed by atoms with van der Waals surface area (Å²) in [6.07, 6.45) is 1.73. The topological polar surface area (TPSA) is 54.5 Å². The van der Waals surface area contributed by atoms with Gasteiger partial charge in [-0.2, -0.15) is 0 Å². The zero-order valence-corrected chi connectivity index (χ0v) is 15.8. The average Bonchev–Trinajstić information content (AvgIpc) is 3.14. The third-order valence-electron chi connectivity index (χ3n) is 4.78.